The summed E-state index contributed by atoms with van der Waals surface area (Å²) in [5.74, 6) is -0.387. The molecule has 0 bridgehead atoms. The van der Waals surface area contributed by atoms with Crippen LogP contribution in [0.15, 0.2) is 59.5 Å². The Bertz CT molecular complexity index is 1420. The quantitative estimate of drug-likeness (QED) is 0.325. The number of carbonyl (C=O) groups is 2. The average Bonchev–Trinajstić information content (AvgIpc) is 3.63. The van der Waals surface area contributed by atoms with Gasteiger partial charge in [-0.25, -0.2) is 8.42 Å². The summed E-state index contributed by atoms with van der Waals surface area (Å²) < 4.78 is 29.1. The van der Waals surface area contributed by atoms with Crippen molar-refractivity contribution in [1.29, 1.82) is 5.26 Å². The van der Waals surface area contributed by atoms with Gasteiger partial charge in [-0.1, -0.05) is 44.2 Å². The van der Waals surface area contributed by atoms with E-state index in [9.17, 15) is 23.3 Å². The van der Waals surface area contributed by atoms with Gasteiger partial charge < -0.3 is 10.6 Å². The van der Waals surface area contributed by atoms with Crippen LogP contribution in [0.5, 0.6) is 0 Å². The first-order valence-electron chi connectivity index (χ1n) is 12.8. The van der Waals surface area contributed by atoms with Crippen molar-refractivity contribution in [3.05, 3.63) is 65.0 Å². The van der Waals surface area contributed by atoms with Gasteiger partial charge in [-0.3, -0.25) is 9.59 Å². The van der Waals surface area contributed by atoms with Crippen LogP contribution in [0, 0.1) is 17.2 Å². The molecule has 2 aromatic carbocycles. The van der Waals surface area contributed by atoms with E-state index in [-0.39, 0.29) is 47.3 Å². The normalized spacial score (nSPS) is 14.4. The molecule has 1 heterocycles. The van der Waals surface area contributed by atoms with Crippen molar-refractivity contribution in [3.8, 4) is 6.07 Å². The average molecular weight is 553 g/mol. The molecule has 0 radical (unpaired) electrons. The fourth-order valence-electron chi connectivity index (χ4n) is 4.37. The van der Waals surface area contributed by atoms with Gasteiger partial charge in [0.15, 0.2) is 0 Å². The molecule has 200 valence electrons. The van der Waals surface area contributed by atoms with Gasteiger partial charge in [0.05, 0.1) is 15.3 Å². The van der Waals surface area contributed by atoms with Crippen LogP contribution in [0.3, 0.4) is 0 Å². The van der Waals surface area contributed by atoms with Crippen molar-refractivity contribution in [2.24, 2.45) is 5.92 Å². The molecule has 1 aliphatic rings. The maximum absolute atomic E-state index is 13.3. The summed E-state index contributed by atoms with van der Waals surface area (Å²) >= 11 is 1.39. The minimum Gasteiger partial charge on any atom is -0.354 e. The van der Waals surface area contributed by atoms with Crippen molar-refractivity contribution in [1.82, 2.24) is 14.9 Å². The number of thiophene rings is 1. The zero-order valence-electron chi connectivity index (χ0n) is 21.5. The number of amides is 2. The van der Waals surface area contributed by atoms with Gasteiger partial charge in [-0.15, -0.1) is 11.3 Å². The molecule has 0 unspecified atom stereocenters. The minimum atomic E-state index is -3.83. The van der Waals surface area contributed by atoms with E-state index in [2.05, 4.69) is 10.6 Å². The maximum Gasteiger partial charge on any atom is 0.262 e. The number of hydrogen-bond acceptors (Lipinski definition) is 6. The van der Waals surface area contributed by atoms with Gasteiger partial charge in [-0.05, 0) is 61.3 Å². The van der Waals surface area contributed by atoms with Crippen molar-refractivity contribution in [2.45, 2.75) is 56.5 Å². The molecule has 0 aliphatic heterocycles. The molecule has 1 atom stereocenters. The van der Waals surface area contributed by atoms with Crippen molar-refractivity contribution in [3.63, 3.8) is 0 Å². The highest BCUT2D eigenvalue weighted by Crippen LogP contribution is 2.33. The number of nitriles is 1. The Labute approximate surface area is 227 Å². The number of benzene rings is 2. The number of carbonyl (C=O) groups excluding carboxylic acids is 2. The van der Waals surface area contributed by atoms with Crippen LogP contribution in [-0.4, -0.2) is 49.7 Å². The number of hydrogen-bond donors (Lipinski definition) is 2. The second kappa shape index (κ2) is 12.1. The molecule has 1 fully saturated rings. The Balaban J connectivity index is 1.36. The fourth-order valence-corrected chi connectivity index (χ4v) is 7.20. The van der Waals surface area contributed by atoms with Crippen LogP contribution in [-0.2, 0) is 14.8 Å². The lowest BCUT2D eigenvalue weighted by atomic mass is 10.0. The summed E-state index contributed by atoms with van der Waals surface area (Å²) in [6, 6.07) is 17.0. The summed E-state index contributed by atoms with van der Waals surface area (Å²) in [4.78, 5) is 26.5. The molecular formula is C28H32N4O4S2. The zero-order valence-corrected chi connectivity index (χ0v) is 23.1. The molecular weight excluding hydrogens is 520 g/mol. The monoisotopic (exact) mass is 552 g/mol. The van der Waals surface area contributed by atoms with Gasteiger partial charge in [0, 0.05) is 23.8 Å². The highest BCUT2D eigenvalue weighted by atomic mass is 32.2. The van der Waals surface area contributed by atoms with E-state index in [1.807, 2.05) is 50.2 Å². The lowest BCUT2D eigenvalue weighted by molar-refractivity contribution is -0.123. The maximum atomic E-state index is 13.3. The molecule has 8 nitrogen and oxygen atoms in total. The number of fused-ring (bicyclic) bond motifs is 1. The molecule has 10 heteroatoms. The van der Waals surface area contributed by atoms with Gasteiger partial charge >= 0.3 is 0 Å². The highest BCUT2D eigenvalue weighted by Gasteiger charge is 2.38. The van der Waals surface area contributed by atoms with E-state index in [1.165, 1.54) is 27.8 Å². The van der Waals surface area contributed by atoms with E-state index in [4.69, 9.17) is 0 Å². The lowest BCUT2D eigenvalue weighted by Gasteiger charge is -2.23. The lowest BCUT2D eigenvalue weighted by Crippen LogP contribution is -2.47. The van der Waals surface area contributed by atoms with Crippen LogP contribution in [0.1, 0.15) is 54.8 Å². The van der Waals surface area contributed by atoms with Crippen LogP contribution in [0.4, 0.5) is 0 Å². The third-order valence-corrected chi connectivity index (χ3v) is 9.51. The van der Waals surface area contributed by atoms with Crippen LogP contribution in [0.25, 0.3) is 10.1 Å². The summed E-state index contributed by atoms with van der Waals surface area (Å²) in [7, 11) is -3.83. The van der Waals surface area contributed by atoms with E-state index in [0.717, 1.165) is 22.9 Å². The first-order valence-corrected chi connectivity index (χ1v) is 15.0. The number of sulfonamides is 1. The van der Waals surface area contributed by atoms with E-state index >= 15 is 0 Å². The topological polar surface area (TPSA) is 119 Å². The molecule has 1 aromatic heterocycles. The van der Waals surface area contributed by atoms with Crippen molar-refractivity contribution in [2.75, 3.05) is 13.1 Å². The third-order valence-electron chi connectivity index (χ3n) is 6.38. The Morgan fingerprint density at radius 1 is 1.13 bits per heavy atom. The summed E-state index contributed by atoms with van der Waals surface area (Å²) in [6.07, 6.45) is 2.45. The number of nitrogens with one attached hydrogen (secondary N) is 2. The molecule has 1 saturated carbocycles. The third kappa shape index (κ3) is 6.59. The smallest absolute Gasteiger partial charge is 0.262 e. The van der Waals surface area contributed by atoms with E-state index in [1.54, 1.807) is 12.1 Å². The number of nitrogens with zero attached hydrogens (tertiary/aromatic N) is 2. The molecule has 4 rings (SSSR count). The SMILES string of the molecule is CC(C)C[C@H](NC(=O)c1cc2ccccc2s1)C(=O)NCCCN(C1CC1)S(=O)(=O)c1ccccc1C#N. The second-order valence-corrected chi connectivity index (χ2v) is 12.8. The molecule has 3 aromatic rings. The highest BCUT2D eigenvalue weighted by molar-refractivity contribution is 7.89. The molecule has 1 aliphatic carbocycles. The van der Waals surface area contributed by atoms with Crippen molar-refractivity contribution >= 4 is 43.3 Å². The molecule has 0 spiro atoms. The summed E-state index contributed by atoms with van der Waals surface area (Å²) in [6.45, 7) is 4.48. The number of rotatable bonds is 12. The minimum absolute atomic E-state index is 0.0133. The summed E-state index contributed by atoms with van der Waals surface area (Å²) in [5.41, 5.74) is 0.123. The Morgan fingerprint density at radius 2 is 1.84 bits per heavy atom. The predicted molar refractivity (Wildman–Crippen MR) is 148 cm³/mol. The van der Waals surface area contributed by atoms with Gasteiger partial charge in [-0.2, -0.15) is 9.57 Å². The van der Waals surface area contributed by atoms with Crippen LogP contribution in [0.2, 0.25) is 0 Å². The van der Waals surface area contributed by atoms with E-state index in [0.29, 0.717) is 17.7 Å². The summed E-state index contributed by atoms with van der Waals surface area (Å²) in [5, 5.41) is 16.1. The Hall–Kier alpha value is -3.26. The fraction of sp³-hybridized carbons (Fsp3) is 0.393. The predicted octanol–water partition coefficient (Wildman–Crippen LogP) is 4.28. The molecule has 38 heavy (non-hydrogen) atoms. The molecule has 2 N–H and O–H groups in total. The standard InChI is InChI=1S/C28H32N4O4S2/c1-19(2)16-23(31-28(34)25-17-20-8-3-5-10-24(20)37-25)27(33)30-14-7-15-32(22-12-13-22)38(35,36)26-11-6-4-9-21(26)18-29/h3-6,8-11,17,19,22-23H,7,12-16H2,1-2H3,(H,30,33)(H,31,34)/t23-/m0/s1. The van der Waals surface area contributed by atoms with Crippen LogP contribution >= 0.6 is 11.3 Å². The largest absolute Gasteiger partial charge is 0.354 e. The zero-order chi connectivity index (χ0) is 27.3. The molecule has 2 amide bonds. The van der Waals surface area contributed by atoms with E-state index < -0.39 is 16.1 Å². The second-order valence-electron chi connectivity index (χ2n) is 9.90. The van der Waals surface area contributed by atoms with Gasteiger partial charge in [0.2, 0.25) is 15.9 Å². The van der Waals surface area contributed by atoms with Gasteiger partial charge in [0.1, 0.15) is 12.1 Å². The Morgan fingerprint density at radius 3 is 2.53 bits per heavy atom. The van der Waals surface area contributed by atoms with Crippen molar-refractivity contribution < 1.29 is 18.0 Å². The van der Waals surface area contributed by atoms with Crippen LogP contribution < -0.4 is 10.6 Å². The molecule has 0 saturated heterocycles. The Kier molecular flexibility index (Phi) is 8.82. The first-order chi connectivity index (χ1) is 18.2. The van der Waals surface area contributed by atoms with Gasteiger partial charge in [0.25, 0.3) is 5.91 Å². The first kappa shape index (κ1) is 27.8.